The number of thiocarbonyl (C=S) groups is 1. The molecule has 4 rings (SSSR count). The average molecular weight is 550 g/mol. The molecule has 3 aromatic carbocycles. The molecule has 0 aromatic heterocycles. The Labute approximate surface area is 220 Å². The lowest BCUT2D eigenvalue weighted by Crippen LogP contribution is -2.44. The highest BCUT2D eigenvalue weighted by Crippen LogP contribution is 2.32. The van der Waals surface area contributed by atoms with Crippen molar-refractivity contribution in [3.05, 3.63) is 103 Å². The predicted octanol–water partition coefficient (Wildman–Crippen LogP) is 6.77. The number of hydrogen-bond acceptors (Lipinski definition) is 5. The third-order valence-electron chi connectivity index (χ3n) is 4.68. The van der Waals surface area contributed by atoms with E-state index in [1.807, 2.05) is 12.1 Å². The van der Waals surface area contributed by atoms with Crippen LogP contribution in [0.5, 0.6) is 5.75 Å². The van der Waals surface area contributed by atoms with E-state index in [9.17, 15) is 9.59 Å². The molecule has 1 aliphatic rings. The fourth-order valence-corrected chi connectivity index (χ4v) is 4.75. The Hall–Kier alpha value is -2.55. The van der Waals surface area contributed by atoms with Gasteiger partial charge in [0, 0.05) is 26.2 Å². The minimum absolute atomic E-state index is 0.225. The molecule has 1 fully saturated rings. The molecular weight excluding hydrogens is 535 g/mol. The summed E-state index contributed by atoms with van der Waals surface area (Å²) in [5.41, 5.74) is 4.44. The molecule has 0 bridgehead atoms. The summed E-state index contributed by atoms with van der Waals surface area (Å²) in [4.78, 5) is 25.7. The van der Waals surface area contributed by atoms with Gasteiger partial charge in [-0.3, -0.25) is 15.0 Å². The highest BCUT2D eigenvalue weighted by molar-refractivity contribution is 8.26. The Morgan fingerprint density at radius 3 is 2.50 bits per heavy atom. The summed E-state index contributed by atoms with van der Waals surface area (Å²) in [6.07, 6.45) is 1.69. The Balaban J connectivity index is 1.44. The van der Waals surface area contributed by atoms with Crippen molar-refractivity contribution >= 4 is 81.0 Å². The fourth-order valence-electron chi connectivity index (χ4n) is 2.98. The summed E-state index contributed by atoms with van der Waals surface area (Å²) in [7, 11) is 0. The SMILES string of the molecule is O=C(NN1C(=O)/C(=C\c2cccc(OCc3ccc(Cl)cc3Cl)c2)SC1=S)c1ccc(Cl)cc1. The van der Waals surface area contributed by atoms with Crippen molar-refractivity contribution in [3.63, 3.8) is 0 Å². The van der Waals surface area contributed by atoms with E-state index < -0.39 is 11.8 Å². The van der Waals surface area contributed by atoms with E-state index >= 15 is 0 Å². The largest absolute Gasteiger partial charge is 0.489 e. The van der Waals surface area contributed by atoms with Gasteiger partial charge in [0.1, 0.15) is 12.4 Å². The number of ether oxygens (including phenoxy) is 1. The van der Waals surface area contributed by atoms with Gasteiger partial charge in [0.2, 0.25) is 0 Å². The lowest BCUT2D eigenvalue weighted by molar-refractivity contribution is -0.123. The van der Waals surface area contributed by atoms with E-state index in [0.29, 0.717) is 31.3 Å². The first-order valence-electron chi connectivity index (χ1n) is 9.81. The number of rotatable bonds is 6. The standard InChI is InChI=1S/C24H15Cl3N2O3S2/c25-17-7-4-15(5-8-17)22(30)28-29-23(31)21(34-24(29)33)11-14-2-1-3-19(10-14)32-13-16-6-9-18(26)12-20(16)27/h1-12H,13H2,(H,28,30)/b21-11+. The van der Waals surface area contributed by atoms with Crippen LogP contribution in [0.25, 0.3) is 6.08 Å². The zero-order valence-corrected chi connectivity index (χ0v) is 21.2. The van der Waals surface area contributed by atoms with Crippen LogP contribution in [0.15, 0.2) is 71.6 Å². The second-order valence-corrected chi connectivity index (χ2v) is 10.0. The molecule has 0 spiro atoms. The van der Waals surface area contributed by atoms with Crippen LogP contribution in [0.1, 0.15) is 21.5 Å². The number of hydrazine groups is 1. The van der Waals surface area contributed by atoms with E-state index in [1.54, 1.807) is 60.7 Å². The number of halogens is 3. The van der Waals surface area contributed by atoms with Crippen LogP contribution in [0.3, 0.4) is 0 Å². The third-order valence-corrected chi connectivity index (χ3v) is 6.82. The molecule has 34 heavy (non-hydrogen) atoms. The molecule has 3 aromatic rings. The maximum Gasteiger partial charge on any atom is 0.285 e. The summed E-state index contributed by atoms with van der Waals surface area (Å²) in [6, 6.07) is 18.8. The van der Waals surface area contributed by atoms with E-state index in [2.05, 4.69) is 5.43 Å². The van der Waals surface area contributed by atoms with Crippen molar-refractivity contribution in [3.8, 4) is 5.75 Å². The van der Waals surface area contributed by atoms with Crippen LogP contribution < -0.4 is 10.2 Å². The highest BCUT2D eigenvalue weighted by atomic mass is 35.5. The van der Waals surface area contributed by atoms with Gasteiger partial charge in [-0.2, -0.15) is 5.01 Å². The van der Waals surface area contributed by atoms with Gasteiger partial charge in [0.15, 0.2) is 4.32 Å². The van der Waals surface area contributed by atoms with Crippen LogP contribution in [-0.2, 0) is 11.4 Å². The number of carbonyl (C=O) groups is 2. The molecular formula is C24H15Cl3N2O3S2. The zero-order chi connectivity index (χ0) is 24.2. The lowest BCUT2D eigenvalue weighted by atomic mass is 10.2. The molecule has 0 aliphatic carbocycles. The minimum atomic E-state index is -0.467. The smallest absolute Gasteiger partial charge is 0.285 e. The molecule has 0 atom stereocenters. The van der Waals surface area contributed by atoms with Crippen molar-refractivity contribution in [1.82, 2.24) is 10.4 Å². The first kappa shape index (κ1) is 24.6. The number of thioether (sulfide) groups is 1. The van der Waals surface area contributed by atoms with Crippen molar-refractivity contribution in [1.29, 1.82) is 0 Å². The molecule has 10 heteroatoms. The van der Waals surface area contributed by atoms with Crippen LogP contribution in [0.4, 0.5) is 0 Å². The number of hydrogen-bond donors (Lipinski definition) is 1. The highest BCUT2D eigenvalue weighted by Gasteiger charge is 2.33. The average Bonchev–Trinajstić information content (AvgIpc) is 3.06. The Bertz CT molecular complexity index is 1310. The van der Waals surface area contributed by atoms with Crippen LogP contribution >= 0.6 is 58.8 Å². The van der Waals surface area contributed by atoms with E-state index in [1.165, 1.54) is 0 Å². The summed E-state index contributed by atoms with van der Waals surface area (Å²) >= 11 is 24.4. The minimum Gasteiger partial charge on any atom is -0.489 e. The lowest BCUT2D eigenvalue weighted by Gasteiger charge is -2.15. The number of carbonyl (C=O) groups excluding carboxylic acids is 2. The van der Waals surface area contributed by atoms with Gasteiger partial charge in [0.25, 0.3) is 11.8 Å². The van der Waals surface area contributed by atoms with Crippen LogP contribution in [0.2, 0.25) is 15.1 Å². The number of nitrogens with one attached hydrogen (secondary N) is 1. The van der Waals surface area contributed by atoms with Crippen LogP contribution in [-0.4, -0.2) is 21.1 Å². The Kier molecular flexibility index (Phi) is 7.80. The quantitative estimate of drug-likeness (QED) is 0.272. The van der Waals surface area contributed by atoms with Gasteiger partial charge < -0.3 is 4.74 Å². The predicted molar refractivity (Wildman–Crippen MR) is 141 cm³/mol. The molecule has 1 saturated heterocycles. The Morgan fingerprint density at radius 1 is 1.03 bits per heavy atom. The summed E-state index contributed by atoms with van der Waals surface area (Å²) < 4.78 is 6.07. The Morgan fingerprint density at radius 2 is 1.76 bits per heavy atom. The number of nitrogens with zero attached hydrogens (tertiary/aromatic N) is 1. The summed E-state index contributed by atoms with van der Waals surface area (Å²) in [6.45, 7) is 0.262. The van der Waals surface area contributed by atoms with Gasteiger partial charge in [0.05, 0.1) is 4.91 Å². The molecule has 5 nitrogen and oxygen atoms in total. The summed E-state index contributed by atoms with van der Waals surface area (Å²) in [5.74, 6) is -0.284. The molecule has 1 heterocycles. The molecule has 1 aliphatic heterocycles. The number of benzene rings is 3. The van der Waals surface area contributed by atoms with E-state index in [4.69, 9.17) is 51.8 Å². The van der Waals surface area contributed by atoms with Crippen molar-refractivity contribution in [2.24, 2.45) is 0 Å². The maximum absolute atomic E-state index is 12.9. The van der Waals surface area contributed by atoms with Crippen LogP contribution in [0, 0.1) is 0 Å². The summed E-state index contributed by atoms with van der Waals surface area (Å²) in [5, 5.41) is 2.64. The molecule has 0 radical (unpaired) electrons. The van der Waals surface area contributed by atoms with Gasteiger partial charge >= 0.3 is 0 Å². The van der Waals surface area contributed by atoms with Crippen molar-refractivity contribution in [2.45, 2.75) is 6.61 Å². The van der Waals surface area contributed by atoms with Gasteiger partial charge in [-0.15, -0.1) is 0 Å². The second-order valence-electron chi connectivity index (χ2n) is 7.06. The molecule has 1 N–H and O–H groups in total. The van der Waals surface area contributed by atoms with Gasteiger partial charge in [-0.1, -0.05) is 64.8 Å². The molecule has 172 valence electrons. The number of amides is 2. The van der Waals surface area contributed by atoms with Gasteiger partial charge in [-0.05, 0) is 72.4 Å². The maximum atomic E-state index is 12.9. The third kappa shape index (κ3) is 5.92. The first-order valence-corrected chi connectivity index (χ1v) is 12.2. The van der Waals surface area contributed by atoms with E-state index in [-0.39, 0.29) is 10.9 Å². The monoisotopic (exact) mass is 548 g/mol. The van der Waals surface area contributed by atoms with E-state index in [0.717, 1.165) is 27.9 Å². The molecule has 0 saturated carbocycles. The van der Waals surface area contributed by atoms with Crippen molar-refractivity contribution < 1.29 is 14.3 Å². The zero-order valence-electron chi connectivity index (χ0n) is 17.3. The topological polar surface area (TPSA) is 58.6 Å². The molecule has 0 unspecified atom stereocenters. The normalized spacial score (nSPS) is 14.6. The van der Waals surface area contributed by atoms with Gasteiger partial charge in [-0.25, -0.2) is 0 Å². The molecule has 2 amide bonds. The first-order chi connectivity index (χ1) is 16.3. The fraction of sp³-hybridized carbons (Fsp3) is 0.0417. The second kappa shape index (κ2) is 10.8. The van der Waals surface area contributed by atoms with Crippen molar-refractivity contribution in [2.75, 3.05) is 0 Å².